The van der Waals surface area contributed by atoms with E-state index in [4.69, 9.17) is 4.74 Å². The van der Waals surface area contributed by atoms with Crippen molar-refractivity contribution in [3.8, 4) is 5.75 Å². The molecule has 1 aliphatic rings. The van der Waals surface area contributed by atoms with Crippen molar-refractivity contribution >= 4 is 28.9 Å². The zero-order valence-corrected chi connectivity index (χ0v) is 15.7. The maximum Gasteiger partial charge on any atom is 0.243 e. The Morgan fingerprint density at radius 2 is 1.70 bits per heavy atom. The van der Waals surface area contributed by atoms with E-state index in [1.54, 1.807) is 0 Å². The summed E-state index contributed by atoms with van der Waals surface area (Å²) in [5, 5.41) is 8.92. The summed E-state index contributed by atoms with van der Waals surface area (Å²) in [7, 11) is 0. The van der Waals surface area contributed by atoms with E-state index in [-0.39, 0.29) is 24.3 Å². The first-order chi connectivity index (χ1) is 13.1. The molecule has 1 saturated carbocycles. The average molecular weight is 367 g/mol. The number of hydrogen-bond donors (Lipinski definition) is 3. The number of anilines is 3. The lowest BCUT2D eigenvalue weighted by Crippen LogP contribution is -2.22. The quantitative estimate of drug-likeness (QED) is 0.663. The first-order valence-electron chi connectivity index (χ1n) is 9.24. The number of carbonyl (C=O) groups excluding carboxylic acids is 2. The molecule has 0 spiro atoms. The molecule has 2 aromatic rings. The van der Waals surface area contributed by atoms with Gasteiger partial charge in [0.1, 0.15) is 5.75 Å². The zero-order chi connectivity index (χ0) is 19.2. The molecule has 142 valence electrons. The van der Waals surface area contributed by atoms with E-state index in [9.17, 15) is 9.59 Å². The summed E-state index contributed by atoms with van der Waals surface area (Å²) in [5.41, 5.74) is 3.13. The third kappa shape index (κ3) is 5.23. The fourth-order valence-electron chi connectivity index (χ4n) is 2.70. The van der Waals surface area contributed by atoms with Crippen LogP contribution in [0.25, 0.3) is 0 Å². The van der Waals surface area contributed by atoms with Gasteiger partial charge in [-0.05, 0) is 68.7 Å². The first kappa shape index (κ1) is 18.8. The number of hydrogen-bond acceptors (Lipinski definition) is 4. The van der Waals surface area contributed by atoms with Crippen molar-refractivity contribution in [2.75, 3.05) is 29.1 Å². The Kier molecular flexibility index (Phi) is 5.96. The molecule has 2 amide bonds. The van der Waals surface area contributed by atoms with Crippen molar-refractivity contribution in [1.29, 1.82) is 0 Å². The van der Waals surface area contributed by atoms with Gasteiger partial charge < -0.3 is 20.7 Å². The Morgan fingerprint density at radius 1 is 1.04 bits per heavy atom. The molecule has 0 unspecified atom stereocenters. The van der Waals surface area contributed by atoms with Gasteiger partial charge in [0.2, 0.25) is 11.8 Å². The number of benzene rings is 2. The molecule has 1 fully saturated rings. The van der Waals surface area contributed by atoms with Crippen LogP contribution in [0, 0.1) is 12.8 Å². The summed E-state index contributed by atoms with van der Waals surface area (Å²) < 4.78 is 5.40. The maximum atomic E-state index is 12.3. The van der Waals surface area contributed by atoms with E-state index in [0.29, 0.717) is 12.3 Å². The van der Waals surface area contributed by atoms with Crippen LogP contribution < -0.4 is 20.7 Å². The van der Waals surface area contributed by atoms with E-state index < -0.39 is 0 Å². The summed E-state index contributed by atoms with van der Waals surface area (Å²) in [6.45, 7) is 4.59. The van der Waals surface area contributed by atoms with Crippen LogP contribution in [0.3, 0.4) is 0 Å². The molecule has 0 radical (unpaired) electrons. The second-order valence-electron chi connectivity index (χ2n) is 6.60. The largest absolute Gasteiger partial charge is 0.494 e. The molecule has 27 heavy (non-hydrogen) atoms. The molecule has 6 heteroatoms. The molecular formula is C21H25N3O3. The van der Waals surface area contributed by atoms with Gasteiger partial charge in [-0.15, -0.1) is 0 Å². The minimum absolute atomic E-state index is 0.0544. The van der Waals surface area contributed by atoms with Crippen LogP contribution in [0.5, 0.6) is 5.75 Å². The fraction of sp³-hybridized carbons (Fsp3) is 0.333. The third-order valence-electron chi connectivity index (χ3n) is 4.43. The van der Waals surface area contributed by atoms with Crippen molar-refractivity contribution in [2.24, 2.45) is 5.92 Å². The van der Waals surface area contributed by atoms with Gasteiger partial charge in [0.15, 0.2) is 0 Å². The van der Waals surface area contributed by atoms with Crippen LogP contribution in [-0.4, -0.2) is 25.0 Å². The minimum atomic E-state index is -0.155. The lowest BCUT2D eigenvalue weighted by atomic mass is 10.1. The number of carbonyl (C=O) groups is 2. The Hall–Kier alpha value is -3.02. The molecule has 0 bridgehead atoms. The molecule has 0 aliphatic heterocycles. The molecule has 3 rings (SSSR count). The van der Waals surface area contributed by atoms with Gasteiger partial charge in [-0.3, -0.25) is 9.59 Å². The first-order valence-corrected chi connectivity index (χ1v) is 9.24. The van der Waals surface area contributed by atoms with Crippen LogP contribution in [-0.2, 0) is 9.59 Å². The lowest BCUT2D eigenvalue weighted by Gasteiger charge is -2.14. The topological polar surface area (TPSA) is 79.5 Å². The van der Waals surface area contributed by atoms with E-state index >= 15 is 0 Å². The molecule has 0 heterocycles. The molecule has 1 aliphatic carbocycles. The fourth-order valence-corrected chi connectivity index (χ4v) is 2.70. The minimum Gasteiger partial charge on any atom is -0.494 e. The van der Waals surface area contributed by atoms with Gasteiger partial charge in [-0.1, -0.05) is 6.07 Å². The monoisotopic (exact) mass is 367 g/mol. The van der Waals surface area contributed by atoms with Gasteiger partial charge in [0.05, 0.1) is 13.2 Å². The van der Waals surface area contributed by atoms with Crippen molar-refractivity contribution in [2.45, 2.75) is 26.7 Å². The Balaban J connectivity index is 1.54. The zero-order valence-electron chi connectivity index (χ0n) is 15.7. The maximum absolute atomic E-state index is 12.3. The number of amides is 2. The van der Waals surface area contributed by atoms with Crippen LogP contribution in [0.1, 0.15) is 25.3 Å². The second-order valence-corrected chi connectivity index (χ2v) is 6.60. The van der Waals surface area contributed by atoms with Crippen molar-refractivity contribution in [1.82, 2.24) is 0 Å². The highest BCUT2D eigenvalue weighted by Gasteiger charge is 2.29. The van der Waals surface area contributed by atoms with Crippen LogP contribution in [0.15, 0.2) is 42.5 Å². The molecule has 2 aromatic carbocycles. The lowest BCUT2D eigenvalue weighted by molar-refractivity contribution is -0.117. The van der Waals surface area contributed by atoms with Crippen molar-refractivity contribution < 1.29 is 14.3 Å². The molecule has 0 atom stereocenters. The molecule has 3 N–H and O–H groups in total. The average Bonchev–Trinajstić information content (AvgIpc) is 3.50. The van der Waals surface area contributed by atoms with Crippen LogP contribution in [0.2, 0.25) is 0 Å². The highest BCUT2D eigenvalue weighted by atomic mass is 16.5. The summed E-state index contributed by atoms with van der Waals surface area (Å²) in [6.07, 6.45) is 1.91. The van der Waals surface area contributed by atoms with E-state index in [2.05, 4.69) is 16.0 Å². The third-order valence-corrected chi connectivity index (χ3v) is 4.43. The normalized spacial score (nSPS) is 13.0. The van der Waals surface area contributed by atoms with E-state index in [1.165, 1.54) is 0 Å². The van der Waals surface area contributed by atoms with E-state index in [1.807, 2.05) is 56.3 Å². The van der Waals surface area contributed by atoms with Gasteiger partial charge in [-0.25, -0.2) is 0 Å². The van der Waals surface area contributed by atoms with E-state index in [0.717, 1.165) is 35.5 Å². The number of rotatable bonds is 8. The Labute approximate surface area is 159 Å². The molecule has 0 saturated heterocycles. The van der Waals surface area contributed by atoms with Crippen molar-refractivity contribution in [3.63, 3.8) is 0 Å². The predicted octanol–water partition coefficient (Wildman–Crippen LogP) is 3.79. The summed E-state index contributed by atoms with van der Waals surface area (Å²) in [6, 6.07) is 13.0. The predicted molar refractivity (Wildman–Crippen MR) is 107 cm³/mol. The smallest absolute Gasteiger partial charge is 0.243 e. The summed E-state index contributed by atoms with van der Waals surface area (Å²) >= 11 is 0. The number of nitrogens with one attached hydrogen (secondary N) is 3. The summed E-state index contributed by atoms with van der Waals surface area (Å²) in [4.78, 5) is 24.2. The second kappa shape index (κ2) is 8.58. The van der Waals surface area contributed by atoms with Gasteiger partial charge in [-0.2, -0.15) is 0 Å². The molecular weight excluding hydrogens is 342 g/mol. The highest BCUT2D eigenvalue weighted by molar-refractivity contribution is 5.98. The standard InChI is InChI=1S/C21H25N3O3/c1-3-27-17-11-9-16(10-12-17)22-13-20(25)23-18-5-4-6-19(14(18)2)24-21(26)15-7-8-15/h4-6,9-12,15,22H,3,7-8,13H2,1-2H3,(H,23,25)(H,24,26). The van der Waals surface area contributed by atoms with Gasteiger partial charge in [0.25, 0.3) is 0 Å². The van der Waals surface area contributed by atoms with Gasteiger partial charge in [0, 0.05) is 23.0 Å². The SMILES string of the molecule is CCOc1ccc(NCC(=O)Nc2cccc(NC(=O)C3CC3)c2C)cc1. The van der Waals surface area contributed by atoms with Gasteiger partial charge >= 0.3 is 0 Å². The number of ether oxygens (including phenoxy) is 1. The molecule has 0 aromatic heterocycles. The Morgan fingerprint density at radius 3 is 2.33 bits per heavy atom. The van der Waals surface area contributed by atoms with Crippen molar-refractivity contribution in [3.05, 3.63) is 48.0 Å². The molecule has 6 nitrogen and oxygen atoms in total. The van der Waals surface area contributed by atoms with Crippen LogP contribution >= 0.6 is 0 Å². The Bertz CT molecular complexity index is 814. The highest BCUT2D eigenvalue weighted by Crippen LogP contribution is 2.31. The summed E-state index contributed by atoms with van der Waals surface area (Å²) in [5.74, 6) is 0.838. The van der Waals surface area contributed by atoms with Crippen LogP contribution in [0.4, 0.5) is 17.1 Å².